The van der Waals surface area contributed by atoms with E-state index in [1.807, 2.05) is 11.8 Å². The minimum absolute atomic E-state index is 0.00369. The summed E-state index contributed by atoms with van der Waals surface area (Å²) in [5.41, 5.74) is 5.65. The zero-order valence-electron chi connectivity index (χ0n) is 12.1. The average molecular weight is 270 g/mol. The molecule has 2 atom stereocenters. The largest absolute Gasteiger partial charge is 0.469 e. The lowest BCUT2D eigenvalue weighted by atomic mass is 9.96. The number of rotatable bonds is 6. The molecule has 2 unspecified atom stereocenters. The number of likely N-dealkylation sites (tertiary alicyclic amines) is 1. The monoisotopic (exact) mass is 270 g/mol. The quantitative estimate of drug-likeness (QED) is 0.738. The first-order chi connectivity index (χ1) is 9.12. The normalized spacial score (nSPS) is 21.0. The van der Waals surface area contributed by atoms with E-state index in [1.165, 1.54) is 7.11 Å². The van der Waals surface area contributed by atoms with Crippen LogP contribution in [0.25, 0.3) is 0 Å². The highest BCUT2D eigenvalue weighted by Crippen LogP contribution is 2.22. The van der Waals surface area contributed by atoms with Crippen LogP contribution in [0.3, 0.4) is 0 Å². The van der Waals surface area contributed by atoms with Crippen molar-refractivity contribution >= 4 is 11.9 Å². The molecule has 1 saturated heterocycles. The van der Waals surface area contributed by atoms with Gasteiger partial charge in [0.15, 0.2) is 0 Å². The Balaban J connectivity index is 2.60. The van der Waals surface area contributed by atoms with Crippen LogP contribution in [0.5, 0.6) is 0 Å². The fourth-order valence-electron chi connectivity index (χ4n) is 2.58. The van der Waals surface area contributed by atoms with Crippen LogP contribution >= 0.6 is 0 Å². The molecule has 0 spiro atoms. The topological polar surface area (TPSA) is 72.6 Å². The molecule has 5 nitrogen and oxygen atoms in total. The van der Waals surface area contributed by atoms with Crippen LogP contribution in [-0.4, -0.2) is 43.0 Å². The fraction of sp³-hybridized carbons (Fsp3) is 0.857. The molecule has 0 aromatic carbocycles. The molecule has 5 heteroatoms. The first-order valence-corrected chi connectivity index (χ1v) is 7.18. The van der Waals surface area contributed by atoms with Gasteiger partial charge < -0.3 is 15.4 Å². The van der Waals surface area contributed by atoms with E-state index in [4.69, 9.17) is 10.5 Å². The third kappa shape index (κ3) is 4.82. The summed E-state index contributed by atoms with van der Waals surface area (Å²) in [7, 11) is 1.39. The van der Waals surface area contributed by atoms with Crippen molar-refractivity contribution in [3.63, 3.8) is 0 Å². The number of esters is 1. The van der Waals surface area contributed by atoms with Crippen molar-refractivity contribution in [3.8, 4) is 0 Å². The van der Waals surface area contributed by atoms with E-state index in [9.17, 15) is 9.59 Å². The molecule has 1 heterocycles. The summed E-state index contributed by atoms with van der Waals surface area (Å²) in [5, 5.41) is 0. The van der Waals surface area contributed by atoms with E-state index < -0.39 is 0 Å². The number of nitrogens with zero attached hydrogens (tertiary/aromatic N) is 1. The summed E-state index contributed by atoms with van der Waals surface area (Å²) in [6.07, 6.45) is 4.69. The van der Waals surface area contributed by atoms with Crippen LogP contribution in [0.4, 0.5) is 0 Å². The third-order valence-corrected chi connectivity index (χ3v) is 3.95. The Hall–Kier alpha value is -1.10. The first-order valence-electron chi connectivity index (χ1n) is 7.18. The number of carbonyl (C=O) groups is 2. The van der Waals surface area contributed by atoms with Gasteiger partial charge in [-0.25, -0.2) is 0 Å². The van der Waals surface area contributed by atoms with Gasteiger partial charge in [-0.3, -0.25) is 9.59 Å². The summed E-state index contributed by atoms with van der Waals surface area (Å²) < 4.78 is 4.71. The van der Waals surface area contributed by atoms with Gasteiger partial charge in [-0.15, -0.1) is 0 Å². The molecule has 0 bridgehead atoms. The molecule has 0 aromatic heterocycles. The molecule has 0 radical (unpaired) electrons. The van der Waals surface area contributed by atoms with E-state index in [1.54, 1.807) is 0 Å². The Bertz CT molecular complexity index is 303. The number of hydrogen-bond donors (Lipinski definition) is 1. The van der Waals surface area contributed by atoms with Gasteiger partial charge in [0.2, 0.25) is 5.91 Å². The molecule has 2 N–H and O–H groups in total. The Morgan fingerprint density at radius 3 is 2.74 bits per heavy atom. The minimum atomic E-state index is -0.240. The molecular formula is C14H26N2O3. The van der Waals surface area contributed by atoms with Crippen molar-refractivity contribution in [2.45, 2.75) is 51.5 Å². The number of carbonyl (C=O) groups excluding carboxylic acids is 2. The Labute approximate surface area is 115 Å². The summed E-state index contributed by atoms with van der Waals surface area (Å²) in [6, 6.07) is 0.00369. The molecule has 1 rings (SSSR count). The second kappa shape index (κ2) is 8.15. The Kier molecular flexibility index (Phi) is 6.84. The van der Waals surface area contributed by atoms with Gasteiger partial charge in [-0.1, -0.05) is 13.3 Å². The van der Waals surface area contributed by atoms with Crippen molar-refractivity contribution in [2.24, 2.45) is 11.7 Å². The predicted octanol–water partition coefficient (Wildman–Crippen LogP) is 1.31. The van der Waals surface area contributed by atoms with Gasteiger partial charge in [0.05, 0.1) is 13.5 Å². The lowest BCUT2D eigenvalue weighted by molar-refractivity contribution is -0.144. The van der Waals surface area contributed by atoms with Crippen molar-refractivity contribution in [1.82, 2.24) is 4.90 Å². The number of methoxy groups -OCH3 is 1. The summed E-state index contributed by atoms with van der Waals surface area (Å²) >= 11 is 0. The van der Waals surface area contributed by atoms with Gasteiger partial charge in [0.25, 0.3) is 0 Å². The van der Waals surface area contributed by atoms with E-state index in [0.29, 0.717) is 19.4 Å². The van der Waals surface area contributed by atoms with Crippen LogP contribution in [-0.2, 0) is 14.3 Å². The van der Waals surface area contributed by atoms with Gasteiger partial charge in [0.1, 0.15) is 0 Å². The van der Waals surface area contributed by atoms with Crippen molar-refractivity contribution in [1.29, 1.82) is 0 Å². The van der Waals surface area contributed by atoms with Crippen LogP contribution in [0.15, 0.2) is 0 Å². The second-order valence-electron chi connectivity index (χ2n) is 5.23. The first kappa shape index (κ1) is 16.0. The predicted molar refractivity (Wildman–Crippen MR) is 73.4 cm³/mol. The molecule has 1 amide bonds. The fourth-order valence-corrected chi connectivity index (χ4v) is 2.58. The van der Waals surface area contributed by atoms with Gasteiger partial charge in [0, 0.05) is 19.0 Å². The number of ether oxygens (including phenoxy) is 1. The van der Waals surface area contributed by atoms with Crippen LogP contribution in [0.1, 0.15) is 45.4 Å². The van der Waals surface area contributed by atoms with Crippen LogP contribution in [0, 0.1) is 5.92 Å². The second-order valence-corrected chi connectivity index (χ2v) is 5.23. The van der Waals surface area contributed by atoms with E-state index in [0.717, 1.165) is 32.2 Å². The maximum Gasteiger partial charge on any atom is 0.307 e. The standard InChI is InChI=1S/C14H26N2O3/c1-3-11(10-15)8-13(17)16-7-5-4-6-12(16)9-14(18)19-2/h11-12H,3-10,15H2,1-2H3. The molecule has 0 aliphatic carbocycles. The summed E-state index contributed by atoms with van der Waals surface area (Å²) in [6.45, 7) is 3.34. The average Bonchev–Trinajstić information content (AvgIpc) is 2.44. The Morgan fingerprint density at radius 1 is 1.42 bits per heavy atom. The van der Waals surface area contributed by atoms with E-state index in [2.05, 4.69) is 0 Å². The number of nitrogens with two attached hydrogens (primary N) is 1. The molecule has 19 heavy (non-hydrogen) atoms. The smallest absolute Gasteiger partial charge is 0.307 e. The molecule has 1 aliphatic heterocycles. The molecule has 1 aliphatic rings. The highest BCUT2D eigenvalue weighted by molar-refractivity contribution is 5.78. The van der Waals surface area contributed by atoms with Gasteiger partial charge >= 0.3 is 5.97 Å². The highest BCUT2D eigenvalue weighted by atomic mass is 16.5. The third-order valence-electron chi connectivity index (χ3n) is 3.95. The Morgan fingerprint density at radius 2 is 2.16 bits per heavy atom. The SMILES string of the molecule is CCC(CN)CC(=O)N1CCCCC1CC(=O)OC. The van der Waals surface area contributed by atoms with Crippen LogP contribution in [0.2, 0.25) is 0 Å². The van der Waals surface area contributed by atoms with E-state index >= 15 is 0 Å². The lowest BCUT2D eigenvalue weighted by Gasteiger charge is -2.36. The maximum atomic E-state index is 12.3. The summed E-state index contributed by atoms with van der Waals surface area (Å²) in [5.74, 6) is 0.134. The highest BCUT2D eigenvalue weighted by Gasteiger charge is 2.29. The number of piperidine rings is 1. The van der Waals surface area contributed by atoms with E-state index in [-0.39, 0.29) is 23.8 Å². The van der Waals surface area contributed by atoms with Crippen molar-refractivity contribution in [3.05, 3.63) is 0 Å². The van der Waals surface area contributed by atoms with Gasteiger partial charge in [-0.2, -0.15) is 0 Å². The molecular weight excluding hydrogens is 244 g/mol. The maximum absolute atomic E-state index is 12.3. The molecule has 0 aromatic rings. The molecule has 0 saturated carbocycles. The minimum Gasteiger partial charge on any atom is -0.469 e. The van der Waals surface area contributed by atoms with Crippen molar-refractivity contribution < 1.29 is 14.3 Å². The zero-order chi connectivity index (χ0) is 14.3. The number of hydrogen-bond acceptors (Lipinski definition) is 4. The van der Waals surface area contributed by atoms with Gasteiger partial charge in [-0.05, 0) is 31.7 Å². The molecule has 110 valence electrons. The summed E-state index contributed by atoms with van der Waals surface area (Å²) in [4.78, 5) is 25.6. The number of amides is 1. The zero-order valence-corrected chi connectivity index (χ0v) is 12.1. The van der Waals surface area contributed by atoms with Crippen molar-refractivity contribution in [2.75, 3.05) is 20.2 Å². The molecule has 1 fully saturated rings. The lowest BCUT2D eigenvalue weighted by Crippen LogP contribution is -2.45. The van der Waals surface area contributed by atoms with Crippen LogP contribution < -0.4 is 5.73 Å².